The summed E-state index contributed by atoms with van der Waals surface area (Å²) in [6.45, 7) is 1.86. The Kier molecular flexibility index (Phi) is 4.11. The van der Waals surface area contributed by atoms with Crippen LogP contribution in [0.15, 0.2) is 6.07 Å². The maximum absolute atomic E-state index is 8.90. The van der Waals surface area contributed by atoms with Gasteiger partial charge in [-0.3, -0.25) is 0 Å². The largest absolute Gasteiger partial charge is 0.350 e. The summed E-state index contributed by atoms with van der Waals surface area (Å²) in [4.78, 5) is 8.48. The van der Waals surface area contributed by atoms with Gasteiger partial charge >= 0.3 is 0 Å². The summed E-state index contributed by atoms with van der Waals surface area (Å²) in [5.41, 5.74) is 7.35. The SMILES string of the molecule is Cc1cc(C#N)nc(NC2CCCCCC2N)n1. The van der Waals surface area contributed by atoms with Gasteiger partial charge in [0.15, 0.2) is 0 Å². The van der Waals surface area contributed by atoms with Gasteiger partial charge in [0.05, 0.1) is 0 Å². The third-order valence-electron chi connectivity index (χ3n) is 3.35. The Bertz CT molecular complexity index is 451. The van der Waals surface area contributed by atoms with Crippen LogP contribution < -0.4 is 11.1 Å². The molecule has 1 aromatic heterocycles. The Morgan fingerprint density at radius 1 is 1.33 bits per heavy atom. The molecule has 1 aliphatic carbocycles. The minimum absolute atomic E-state index is 0.141. The van der Waals surface area contributed by atoms with Crippen molar-refractivity contribution in [3.63, 3.8) is 0 Å². The van der Waals surface area contributed by atoms with Crippen molar-refractivity contribution in [1.29, 1.82) is 5.26 Å². The molecule has 1 aromatic rings. The second kappa shape index (κ2) is 5.78. The predicted octanol–water partition coefficient (Wildman–Crippen LogP) is 1.73. The van der Waals surface area contributed by atoms with Gasteiger partial charge in [0.1, 0.15) is 11.8 Å². The van der Waals surface area contributed by atoms with Crippen molar-refractivity contribution in [2.45, 2.75) is 51.1 Å². The molecule has 0 saturated heterocycles. The molecule has 0 amide bonds. The highest BCUT2D eigenvalue weighted by Crippen LogP contribution is 2.19. The molecule has 5 nitrogen and oxygen atoms in total. The van der Waals surface area contributed by atoms with E-state index in [1.54, 1.807) is 6.07 Å². The summed E-state index contributed by atoms with van der Waals surface area (Å²) >= 11 is 0. The zero-order chi connectivity index (χ0) is 13.0. The standard InChI is InChI=1S/C13H19N5/c1-9-7-10(8-14)17-13(16-9)18-12-6-4-2-3-5-11(12)15/h7,11-12H,2-6,15H2,1H3,(H,16,17,18). The minimum Gasteiger partial charge on any atom is -0.350 e. The highest BCUT2D eigenvalue weighted by atomic mass is 15.1. The summed E-state index contributed by atoms with van der Waals surface area (Å²) in [6, 6.07) is 4.08. The molecule has 0 radical (unpaired) electrons. The lowest BCUT2D eigenvalue weighted by Gasteiger charge is -2.22. The van der Waals surface area contributed by atoms with E-state index >= 15 is 0 Å². The highest BCUT2D eigenvalue weighted by molar-refractivity contribution is 5.34. The van der Waals surface area contributed by atoms with Crippen LogP contribution in [0.4, 0.5) is 5.95 Å². The maximum Gasteiger partial charge on any atom is 0.224 e. The third kappa shape index (κ3) is 3.17. The molecule has 0 aromatic carbocycles. The zero-order valence-electron chi connectivity index (χ0n) is 10.7. The molecule has 0 bridgehead atoms. The molecule has 2 unspecified atom stereocenters. The van der Waals surface area contributed by atoms with Crippen LogP contribution in [0, 0.1) is 18.3 Å². The van der Waals surface area contributed by atoms with E-state index in [9.17, 15) is 0 Å². The number of nitrogens with two attached hydrogens (primary N) is 1. The lowest BCUT2D eigenvalue weighted by atomic mass is 10.0. The fraction of sp³-hybridized carbons (Fsp3) is 0.615. The van der Waals surface area contributed by atoms with Gasteiger partial charge in [-0.2, -0.15) is 5.26 Å². The average molecular weight is 245 g/mol. The fourth-order valence-corrected chi connectivity index (χ4v) is 2.37. The van der Waals surface area contributed by atoms with Crippen molar-refractivity contribution >= 4 is 5.95 Å². The first-order valence-corrected chi connectivity index (χ1v) is 6.47. The molecule has 3 N–H and O–H groups in total. The normalized spacial score (nSPS) is 24.1. The molecule has 1 heterocycles. The van der Waals surface area contributed by atoms with Gasteiger partial charge in [0.25, 0.3) is 0 Å². The number of anilines is 1. The molecular formula is C13H19N5. The van der Waals surface area contributed by atoms with Crippen LogP contribution in [0.1, 0.15) is 43.5 Å². The number of hydrogen-bond acceptors (Lipinski definition) is 5. The van der Waals surface area contributed by atoms with Crippen molar-refractivity contribution in [2.24, 2.45) is 5.73 Å². The monoisotopic (exact) mass is 245 g/mol. The molecule has 2 atom stereocenters. The average Bonchev–Trinajstić information content (AvgIpc) is 2.54. The van der Waals surface area contributed by atoms with E-state index in [-0.39, 0.29) is 12.1 Å². The van der Waals surface area contributed by atoms with Crippen molar-refractivity contribution < 1.29 is 0 Å². The Morgan fingerprint density at radius 2 is 2.11 bits per heavy atom. The number of nitrogens with zero attached hydrogens (tertiary/aromatic N) is 3. The Labute approximate surface area is 107 Å². The van der Waals surface area contributed by atoms with E-state index in [4.69, 9.17) is 11.0 Å². The van der Waals surface area contributed by atoms with Crippen LogP contribution in [-0.4, -0.2) is 22.1 Å². The fourth-order valence-electron chi connectivity index (χ4n) is 2.37. The number of aryl methyl sites for hydroxylation is 1. The van der Waals surface area contributed by atoms with Crippen LogP contribution >= 0.6 is 0 Å². The predicted molar refractivity (Wildman–Crippen MR) is 70.0 cm³/mol. The van der Waals surface area contributed by atoms with Gasteiger partial charge < -0.3 is 11.1 Å². The van der Waals surface area contributed by atoms with E-state index in [0.717, 1.165) is 18.5 Å². The molecule has 18 heavy (non-hydrogen) atoms. The van der Waals surface area contributed by atoms with Crippen molar-refractivity contribution in [1.82, 2.24) is 9.97 Å². The van der Waals surface area contributed by atoms with E-state index in [0.29, 0.717) is 11.6 Å². The third-order valence-corrected chi connectivity index (χ3v) is 3.35. The molecule has 96 valence electrons. The van der Waals surface area contributed by atoms with Crippen LogP contribution in [0.5, 0.6) is 0 Å². The van der Waals surface area contributed by atoms with Crippen LogP contribution in [0.3, 0.4) is 0 Å². The highest BCUT2D eigenvalue weighted by Gasteiger charge is 2.21. The van der Waals surface area contributed by atoms with E-state index in [1.165, 1.54) is 19.3 Å². The molecule has 1 fully saturated rings. The summed E-state index contributed by atoms with van der Waals surface area (Å²) in [5.74, 6) is 0.522. The van der Waals surface area contributed by atoms with Gasteiger partial charge in [0.2, 0.25) is 5.95 Å². The van der Waals surface area contributed by atoms with Gasteiger partial charge in [-0.15, -0.1) is 0 Å². The van der Waals surface area contributed by atoms with Crippen LogP contribution in [0.25, 0.3) is 0 Å². The van der Waals surface area contributed by atoms with Crippen molar-refractivity contribution in [2.75, 3.05) is 5.32 Å². The number of nitrogens with one attached hydrogen (secondary N) is 1. The number of hydrogen-bond donors (Lipinski definition) is 2. The molecule has 0 spiro atoms. The number of aromatic nitrogens is 2. The Hall–Kier alpha value is -1.67. The van der Waals surface area contributed by atoms with Gasteiger partial charge in [0, 0.05) is 17.8 Å². The van der Waals surface area contributed by atoms with Gasteiger partial charge in [-0.25, -0.2) is 9.97 Å². The number of rotatable bonds is 2. The molecule has 5 heteroatoms. The topological polar surface area (TPSA) is 87.6 Å². The second-order valence-electron chi connectivity index (χ2n) is 4.88. The molecule has 2 rings (SSSR count). The van der Waals surface area contributed by atoms with Crippen molar-refractivity contribution in [3.05, 3.63) is 17.5 Å². The second-order valence-corrected chi connectivity index (χ2v) is 4.88. The van der Waals surface area contributed by atoms with Crippen molar-refractivity contribution in [3.8, 4) is 6.07 Å². The molecule has 1 saturated carbocycles. The summed E-state index contributed by atoms with van der Waals surface area (Å²) in [7, 11) is 0. The molecule has 1 aliphatic rings. The maximum atomic E-state index is 8.90. The first-order chi connectivity index (χ1) is 8.69. The summed E-state index contributed by atoms with van der Waals surface area (Å²) < 4.78 is 0. The van der Waals surface area contributed by atoms with Crippen LogP contribution in [0.2, 0.25) is 0 Å². The first-order valence-electron chi connectivity index (χ1n) is 6.47. The quantitative estimate of drug-likeness (QED) is 0.775. The van der Waals surface area contributed by atoms with E-state index < -0.39 is 0 Å². The van der Waals surface area contributed by atoms with Gasteiger partial charge in [-0.05, 0) is 25.8 Å². The Balaban J connectivity index is 2.12. The van der Waals surface area contributed by atoms with E-state index in [1.807, 2.05) is 13.0 Å². The van der Waals surface area contributed by atoms with Crippen LogP contribution in [-0.2, 0) is 0 Å². The smallest absolute Gasteiger partial charge is 0.224 e. The molecular weight excluding hydrogens is 226 g/mol. The zero-order valence-corrected chi connectivity index (χ0v) is 10.7. The summed E-state index contributed by atoms with van der Waals surface area (Å²) in [5, 5.41) is 12.2. The summed E-state index contributed by atoms with van der Waals surface area (Å²) in [6.07, 6.45) is 5.69. The van der Waals surface area contributed by atoms with E-state index in [2.05, 4.69) is 15.3 Å². The van der Waals surface area contributed by atoms with Gasteiger partial charge in [-0.1, -0.05) is 19.3 Å². The first kappa shape index (κ1) is 12.8. The number of nitriles is 1. The molecule has 0 aliphatic heterocycles. The lowest BCUT2D eigenvalue weighted by molar-refractivity contribution is 0.525. The lowest BCUT2D eigenvalue weighted by Crippen LogP contribution is -2.39. The Morgan fingerprint density at radius 3 is 2.89 bits per heavy atom. The minimum atomic E-state index is 0.141.